The lowest BCUT2D eigenvalue weighted by Crippen LogP contribution is -2.36. The Balaban J connectivity index is 2.31. The third-order valence-corrected chi connectivity index (χ3v) is 3.55. The summed E-state index contributed by atoms with van der Waals surface area (Å²) in [5.41, 5.74) is -0.388. The van der Waals surface area contributed by atoms with Crippen LogP contribution in [0.5, 0.6) is 5.75 Å². The van der Waals surface area contributed by atoms with Crippen molar-refractivity contribution in [1.82, 2.24) is 5.32 Å². The van der Waals surface area contributed by atoms with Crippen LogP contribution < -0.4 is 5.32 Å². The van der Waals surface area contributed by atoms with Crippen molar-refractivity contribution in [3.63, 3.8) is 0 Å². The number of aromatic hydroxyl groups is 1. The zero-order chi connectivity index (χ0) is 14.1. The van der Waals surface area contributed by atoms with E-state index in [4.69, 9.17) is 5.26 Å². The van der Waals surface area contributed by atoms with Crippen LogP contribution in [0.4, 0.5) is 13.2 Å². The Labute approximate surface area is 108 Å². The van der Waals surface area contributed by atoms with Crippen LogP contribution in [0.3, 0.4) is 0 Å². The summed E-state index contributed by atoms with van der Waals surface area (Å²) in [7, 11) is 0. The molecule has 0 aromatic heterocycles. The van der Waals surface area contributed by atoms with Crippen molar-refractivity contribution in [3.05, 3.63) is 29.8 Å². The van der Waals surface area contributed by atoms with Crippen molar-refractivity contribution in [2.24, 2.45) is 5.92 Å². The maximum Gasteiger partial charge on any atom is 0.393 e. The van der Waals surface area contributed by atoms with Gasteiger partial charge in [0, 0.05) is 6.54 Å². The highest BCUT2D eigenvalue weighted by Crippen LogP contribution is 2.43. The second-order valence-electron chi connectivity index (χ2n) is 4.79. The molecule has 0 amide bonds. The highest BCUT2D eigenvalue weighted by molar-refractivity contribution is 5.33. The average molecular weight is 270 g/mol. The summed E-state index contributed by atoms with van der Waals surface area (Å²) in [5, 5.41) is 20.9. The van der Waals surface area contributed by atoms with E-state index in [9.17, 15) is 18.3 Å². The normalized spacial score (nSPS) is 27.2. The Bertz CT molecular complexity index is 492. The highest BCUT2D eigenvalue weighted by atomic mass is 19.4. The topological polar surface area (TPSA) is 56.0 Å². The minimum atomic E-state index is -4.26. The van der Waals surface area contributed by atoms with Gasteiger partial charge in [-0.05, 0) is 24.1 Å². The number of nitrogens with one attached hydrogen (secondary N) is 1. The van der Waals surface area contributed by atoms with Crippen molar-refractivity contribution < 1.29 is 18.3 Å². The lowest BCUT2D eigenvalue weighted by Gasteiger charge is -2.28. The monoisotopic (exact) mass is 270 g/mol. The molecular formula is C13H13F3N2O. The Morgan fingerprint density at radius 1 is 1.37 bits per heavy atom. The number of nitrogens with zero attached hydrogens (tertiary/aromatic N) is 1. The summed E-state index contributed by atoms with van der Waals surface area (Å²) < 4.78 is 38.3. The Morgan fingerprint density at radius 3 is 2.47 bits per heavy atom. The first-order valence-corrected chi connectivity index (χ1v) is 5.85. The standard InChI is InChI=1S/C13H13F3N2O/c14-13(15,16)10-7-12(5-6-17,18-8-10)9-1-3-11(19)4-2-9/h1-4,10,18-19H,5,7-8H2/t10-,12+/m0/s1. The summed E-state index contributed by atoms with van der Waals surface area (Å²) in [6.07, 6.45) is -4.46. The third kappa shape index (κ3) is 2.66. The van der Waals surface area contributed by atoms with E-state index in [0.717, 1.165) is 0 Å². The van der Waals surface area contributed by atoms with Crippen molar-refractivity contribution in [2.45, 2.75) is 24.6 Å². The predicted molar refractivity (Wildman–Crippen MR) is 62.2 cm³/mol. The molecular weight excluding hydrogens is 257 g/mol. The molecule has 1 fully saturated rings. The second kappa shape index (κ2) is 4.74. The molecule has 1 aliphatic heterocycles. The first kappa shape index (κ1) is 13.7. The molecule has 0 saturated carbocycles. The molecule has 3 nitrogen and oxygen atoms in total. The van der Waals surface area contributed by atoms with E-state index in [1.807, 2.05) is 6.07 Å². The molecule has 1 aromatic rings. The molecule has 0 bridgehead atoms. The zero-order valence-corrected chi connectivity index (χ0v) is 10.0. The Kier molecular flexibility index (Phi) is 3.42. The van der Waals surface area contributed by atoms with Crippen molar-refractivity contribution in [3.8, 4) is 11.8 Å². The average Bonchev–Trinajstić information content (AvgIpc) is 2.76. The molecule has 0 unspecified atom stereocenters. The molecule has 1 heterocycles. The van der Waals surface area contributed by atoms with Crippen molar-refractivity contribution in [1.29, 1.82) is 5.26 Å². The number of halogens is 3. The van der Waals surface area contributed by atoms with Gasteiger partial charge in [0.25, 0.3) is 0 Å². The van der Waals surface area contributed by atoms with Crippen molar-refractivity contribution >= 4 is 0 Å². The molecule has 0 aliphatic carbocycles. The number of hydrogen-bond donors (Lipinski definition) is 2. The fourth-order valence-corrected chi connectivity index (χ4v) is 2.49. The molecule has 0 radical (unpaired) electrons. The van der Waals surface area contributed by atoms with E-state index in [-0.39, 0.29) is 25.1 Å². The quantitative estimate of drug-likeness (QED) is 0.868. The minimum absolute atomic E-state index is 0.0373. The lowest BCUT2D eigenvalue weighted by molar-refractivity contribution is -0.170. The molecule has 1 aliphatic rings. The van der Waals surface area contributed by atoms with Crippen molar-refractivity contribution in [2.75, 3.05) is 6.54 Å². The zero-order valence-electron chi connectivity index (χ0n) is 10.0. The molecule has 1 saturated heterocycles. The van der Waals surface area contributed by atoms with E-state index >= 15 is 0 Å². The van der Waals surface area contributed by atoms with Gasteiger partial charge in [-0.25, -0.2) is 0 Å². The Morgan fingerprint density at radius 2 is 2.00 bits per heavy atom. The molecule has 0 spiro atoms. The van der Waals surface area contributed by atoms with Gasteiger partial charge in [0.1, 0.15) is 5.75 Å². The van der Waals surface area contributed by atoms with Crippen LogP contribution in [0, 0.1) is 17.2 Å². The van der Waals surface area contributed by atoms with Gasteiger partial charge in [-0.2, -0.15) is 18.4 Å². The Hall–Kier alpha value is -1.74. The van der Waals surface area contributed by atoms with Crippen LogP contribution >= 0.6 is 0 Å². The number of alkyl halides is 3. The van der Waals surface area contributed by atoms with Crippen LogP contribution in [-0.4, -0.2) is 17.8 Å². The van der Waals surface area contributed by atoms with Crippen LogP contribution in [0.15, 0.2) is 24.3 Å². The maximum absolute atomic E-state index is 12.8. The van der Waals surface area contributed by atoms with Crippen LogP contribution in [0.2, 0.25) is 0 Å². The summed E-state index contributed by atoms with van der Waals surface area (Å²) in [6, 6.07) is 7.88. The summed E-state index contributed by atoms with van der Waals surface area (Å²) in [6.45, 7) is -0.188. The smallest absolute Gasteiger partial charge is 0.393 e. The summed E-state index contributed by atoms with van der Waals surface area (Å²) >= 11 is 0. The number of phenolic OH excluding ortho intramolecular Hbond substituents is 1. The second-order valence-corrected chi connectivity index (χ2v) is 4.79. The van der Waals surface area contributed by atoms with E-state index in [1.165, 1.54) is 12.1 Å². The van der Waals surface area contributed by atoms with Crippen LogP contribution in [0.1, 0.15) is 18.4 Å². The van der Waals surface area contributed by atoms with Gasteiger partial charge >= 0.3 is 6.18 Å². The van der Waals surface area contributed by atoms with Crippen LogP contribution in [-0.2, 0) is 5.54 Å². The molecule has 1 aromatic carbocycles. The molecule has 2 atom stereocenters. The maximum atomic E-state index is 12.8. The first-order chi connectivity index (χ1) is 8.87. The third-order valence-electron chi connectivity index (χ3n) is 3.55. The van der Waals surface area contributed by atoms with E-state index in [0.29, 0.717) is 5.56 Å². The number of benzene rings is 1. The lowest BCUT2D eigenvalue weighted by atomic mass is 9.83. The van der Waals surface area contributed by atoms with Gasteiger partial charge in [-0.3, -0.25) is 0 Å². The van der Waals surface area contributed by atoms with E-state index in [2.05, 4.69) is 5.32 Å². The number of hydrogen-bond acceptors (Lipinski definition) is 3. The first-order valence-electron chi connectivity index (χ1n) is 5.85. The van der Waals surface area contributed by atoms with Gasteiger partial charge < -0.3 is 10.4 Å². The van der Waals surface area contributed by atoms with Gasteiger partial charge in [0.05, 0.1) is 23.9 Å². The number of rotatable bonds is 2. The fourth-order valence-electron chi connectivity index (χ4n) is 2.49. The highest BCUT2D eigenvalue weighted by Gasteiger charge is 2.50. The van der Waals surface area contributed by atoms with Crippen LogP contribution in [0.25, 0.3) is 0 Å². The predicted octanol–water partition coefficient (Wildman–Crippen LogP) is 2.67. The minimum Gasteiger partial charge on any atom is -0.508 e. The molecule has 2 N–H and O–H groups in total. The van der Waals surface area contributed by atoms with E-state index in [1.54, 1.807) is 12.1 Å². The van der Waals surface area contributed by atoms with Gasteiger partial charge in [0.2, 0.25) is 0 Å². The molecule has 102 valence electrons. The number of nitriles is 1. The fraction of sp³-hybridized carbons (Fsp3) is 0.462. The molecule has 2 rings (SSSR count). The molecule has 6 heteroatoms. The van der Waals surface area contributed by atoms with E-state index < -0.39 is 17.6 Å². The molecule has 19 heavy (non-hydrogen) atoms. The van der Waals surface area contributed by atoms with Gasteiger partial charge in [0.15, 0.2) is 0 Å². The summed E-state index contributed by atoms with van der Waals surface area (Å²) in [4.78, 5) is 0. The SMILES string of the molecule is N#CC[C@]1(c2ccc(O)cc2)C[C@H](C(F)(F)F)CN1. The van der Waals surface area contributed by atoms with Gasteiger partial charge in [-0.15, -0.1) is 0 Å². The summed E-state index contributed by atoms with van der Waals surface area (Å²) in [5.74, 6) is -1.41. The largest absolute Gasteiger partial charge is 0.508 e. The van der Waals surface area contributed by atoms with Gasteiger partial charge in [-0.1, -0.05) is 12.1 Å². The number of phenols is 1.